The number of halogens is 1. The van der Waals surface area contributed by atoms with Crippen molar-refractivity contribution >= 4 is 28.4 Å². The summed E-state index contributed by atoms with van der Waals surface area (Å²) in [6.07, 6.45) is 3.39. The molecule has 2 aromatic carbocycles. The number of fused-ring (bicyclic) bond motifs is 1. The first-order valence-corrected chi connectivity index (χ1v) is 8.88. The number of para-hydroxylation sites is 1. The van der Waals surface area contributed by atoms with E-state index in [1.54, 1.807) is 0 Å². The molecule has 0 saturated carbocycles. The van der Waals surface area contributed by atoms with E-state index in [9.17, 15) is 4.79 Å². The van der Waals surface area contributed by atoms with Gasteiger partial charge in [0.05, 0.1) is 0 Å². The summed E-state index contributed by atoms with van der Waals surface area (Å²) in [6, 6.07) is 15.8. The Morgan fingerprint density at radius 2 is 1.96 bits per heavy atom. The molecule has 136 valence electrons. The highest BCUT2D eigenvalue weighted by atomic mass is 35.5. The molecule has 0 spiro atoms. The van der Waals surface area contributed by atoms with E-state index < -0.39 is 0 Å². The van der Waals surface area contributed by atoms with Crippen LogP contribution in [0.3, 0.4) is 0 Å². The fourth-order valence-electron chi connectivity index (χ4n) is 3.20. The quantitative estimate of drug-likeness (QED) is 0.538. The van der Waals surface area contributed by atoms with Gasteiger partial charge in [-0.15, -0.1) is 5.10 Å². The summed E-state index contributed by atoms with van der Waals surface area (Å²) < 4.78 is 1.38. The Hall–Kier alpha value is -3.19. The van der Waals surface area contributed by atoms with Crippen molar-refractivity contribution in [1.82, 2.24) is 30.5 Å². The Morgan fingerprint density at radius 3 is 2.78 bits per heavy atom. The van der Waals surface area contributed by atoms with Gasteiger partial charge >= 0.3 is 0 Å². The van der Waals surface area contributed by atoms with E-state index in [0.717, 1.165) is 22.0 Å². The van der Waals surface area contributed by atoms with Crippen LogP contribution < -0.4 is 5.32 Å². The molecule has 0 radical (unpaired) electrons. The first-order chi connectivity index (χ1) is 13.2. The minimum atomic E-state index is -0.167. The van der Waals surface area contributed by atoms with Crippen LogP contribution in [0.1, 0.15) is 17.0 Å². The maximum absolute atomic E-state index is 12.3. The van der Waals surface area contributed by atoms with Crippen LogP contribution in [0.2, 0.25) is 5.02 Å². The highest BCUT2D eigenvalue weighted by Gasteiger charge is 2.21. The Balaban J connectivity index is 1.63. The monoisotopic (exact) mass is 380 g/mol. The van der Waals surface area contributed by atoms with E-state index in [1.165, 1.54) is 11.0 Å². The van der Waals surface area contributed by atoms with E-state index in [-0.39, 0.29) is 18.4 Å². The van der Waals surface area contributed by atoms with Gasteiger partial charge in [-0.1, -0.05) is 48.0 Å². The SMILES string of the molecule is O=C(Cn1cnnn1)NCC(c1ccccc1Cl)c1c[nH]c2ccccc12. The van der Waals surface area contributed by atoms with Gasteiger partial charge in [0.1, 0.15) is 12.9 Å². The van der Waals surface area contributed by atoms with Crippen LogP contribution in [0.5, 0.6) is 0 Å². The molecule has 0 saturated heterocycles. The van der Waals surface area contributed by atoms with Crippen molar-refractivity contribution < 1.29 is 4.79 Å². The number of amides is 1. The molecule has 2 aromatic heterocycles. The molecule has 4 rings (SSSR count). The molecule has 7 nitrogen and oxygen atoms in total. The Labute approximate surface area is 160 Å². The van der Waals surface area contributed by atoms with E-state index in [0.29, 0.717) is 11.6 Å². The number of aromatic amines is 1. The number of carbonyl (C=O) groups is 1. The predicted octanol–water partition coefficient (Wildman–Crippen LogP) is 2.76. The Bertz CT molecular complexity index is 1060. The minimum Gasteiger partial charge on any atom is -0.361 e. The summed E-state index contributed by atoms with van der Waals surface area (Å²) in [5, 5.41) is 15.5. The van der Waals surface area contributed by atoms with Crippen LogP contribution in [0.25, 0.3) is 10.9 Å². The molecule has 0 aliphatic carbocycles. The number of hydrogen-bond donors (Lipinski definition) is 2. The minimum absolute atomic E-state index is 0.0656. The summed E-state index contributed by atoms with van der Waals surface area (Å²) >= 11 is 6.46. The zero-order valence-corrected chi connectivity index (χ0v) is 15.1. The van der Waals surface area contributed by atoms with Gasteiger partial charge in [-0.2, -0.15) is 0 Å². The summed E-state index contributed by atoms with van der Waals surface area (Å²) in [5.41, 5.74) is 3.10. The fourth-order valence-corrected chi connectivity index (χ4v) is 3.47. The molecule has 0 aliphatic rings. The van der Waals surface area contributed by atoms with Crippen LogP contribution in [-0.4, -0.2) is 37.6 Å². The van der Waals surface area contributed by atoms with Crippen molar-refractivity contribution in [2.75, 3.05) is 6.54 Å². The molecule has 1 unspecified atom stereocenters. The number of nitrogens with one attached hydrogen (secondary N) is 2. The van der Waals surface area contributed by atoms with Crippen LogP contribution in [0.15, 0.2) is 61.1 Å². The first kappa shape index (κ1) is 17.2. The lowest BCUT2D eigenvalue weighted by atomic mass is 9.90. The second-order valence-electron chi connectivity index (χ2n) is 6.18. The summed E-state index contributed by atoms with van der Waals surface area (Å²) in [4.78, 5) is 15.6. The lowest BCUT2D eigenvalue weighted by Crippen LogP contribution is -2.32. The van der Waals surface area contributed by atoms with Crippen molar-refractivity contribution in [3.63, 3.8) is 0 Å². The molecule has 27 heavy (non-hydrogen) atoms. The van der Waals surface area contributed by atoms with E-state index in [1.807, 2.05) is 48.7 Å². The number of benzene rings is 2. The number of nitrogens with zero attached hydrogens (tertiary/aromatic N) is 4. The topological polar surface area (TPSA) is 88.5 Å². The highest BCUT2D eigenvalue weighted by Crippen LogP contribution is 2.33. The van der Waals surface area contributed by atoms with E-state index in [2.05, 4.69) is 31.9 Å². The first-order valence-electron chi connectivity index (χ1n) is 8.50. The molecule has 8 heteroatoms. The molecule has 0 fully saturated rings. The average Bonchev–Trinajstić information content (AvgIpc) is 3.33. The van der Waals surface area contributed by atoms with Gasteiger partial charge in [0, 0.05) is 34.6 Å². The molecule has 0 aliphatic heterocycles. The average molecular weight is 381 g/mol. The molecule has 2 N–H and O–H groups in total. The molecular formula is C19H17ClN6O. The predicted molar refractivity (Wildman–Crippen MR) is 102 cm³/mol. The van der Waals surface area contributed by atoms with Crippen molar-refractivity contribution in [3.05, 3.63) is 77.2 Å². The molecule has 2 heterocycles. The van der Waals surface area contributed by atoms with E-state index >= 15 is 0 Å². The van der Waals surface area contributed by atoms with E-state index in [4.69, 9.17) is 11.6 Å². The Kier molecular flexibility index (Phi) is 4.84. The second kappa shape index (κ2) is 7.59. The van der Waals surface area contributed by atoms with Gasteiger partial charge in [0.25, 0.3) is 0 Å². The van der Waals surface area contributed by atoms with Crippen LogP contribution in [-0.2, 0) is 11.3 Å². The number of tetrazole rings is 1. The van der Waals surface area contributed by atoms with Gasteiger partial charge < -0.3 is 10.3 Å². The summed E-state index contributed by atoms with van der Waals surface area (Å²) in [7, 11) is 0. The smallest absolute Gasteiger partial charge is 0.241 e. The standard InChI is InChI=1S/C19H17ClN6O/c20-17-7-3-1-5-13(17)15(10-22-19(27)11-26-12-23-24-25-26)16-9-21-18-8-4-2-6-14(16)18/h1-9,12,15,21H,10-11H2,(H,22,27). The molecule has 0 bridgehead atoms. The normalized spacial score (nSPS) is 12.2. The molecule has 1 amide bonds. The zero-order valence-electron chi connectivity index (χ0n) is 14.3. The lowest BCUT2D eigenvalue weighted by molar-refractivity contribution is -0.121. The van der Waals surface area contributed by atoms with Gasteiger partial charge in [0.2, 0.25) is 5.91 Å². The zero-order chi connectivity index (χ0) is 18.6. The number of rotatable bonds is 6. The van der Waals surface area contributed by atoms with Crippen LogP contribution in [0, 0.1) is 0 Å². The van der Waals surface area contributed by atoms with Crippen molar-refractivity contribution in [2.45, 2.75) is 12.5 Å². The highest BCUT2D eigenvalue weighted by molar-refractivity contribution is 6.31. The number of hydrogen-bond acceptors (Lipinski definition) is 4. The van der Waals surface area contributed by atoms with Crippen molar-refractivity contribution in [3.8, 4) is 0 Å². The number of aromatic nitrogens is 5. The molecule has 4 aromatic rings. The van der Waals surface area contributed by atoms with Crippen molar-refractivity contribution in [2.24, 2.45) is 0 Å². The molecule has 1 atom stereocenters. The lowest BCUT2D eigenvalue weighted by Gasteiger charge is -2.19. The third-order valence-electron chi connectivity index (χ3n) is 4.48. The van der Waals surface area contributed by atoms with Gasteiger partial charge in [0.15, 0.2) is 0 Å². The fraction of sp³-hybridized carbons (Fsp3) is 0.158. The van der Waals surface area contributed by atoms with Gasteiger partial charge in [-0.3, -0.25) is 4.79 Å². The van der Waals surface area contributed by atoms with Gasteiger partial charge in [-0.25, -0.2) is 4.68 Å². The third-order valence-corrected chi connectivity index (χ3v) is 4.82. The maximum Gasteiger partial charge on any atom is 0.241 e. The Morgan fingerprint density at radius 1 is 1.15 bits per heavy atom. The van der Waals surface area contributed by atoms with Gasteiger partial charge in [-0.05, 0) is 33.7 Å². The summed E-state index contributed by atoms with van der Waals surface area (Å²) in [5.74, 6) is -0.258. The maximum atomic E-state index is 12.3. The van der Waals surface area contributed by atoms with Crippen LogP contribution in [0.4, 0.5) is 0 Å². The number of carbonyl (C=O) groups excluding carboxylic acids is 1. The molecular weight excluding hydrogens is 364 g/mol. The second-order valence-corrected chi connectivity index (χ2v) is 6.58. The number of H-pyrrole nitrogens is 1. The van der Waals surface area contributed by atoms with Crippen LogP contribution >= 0.6 is 11.6 Å². The largest absolute Gasteiger partial charge is 0.361 e. The summed E-state index contributed by atoms with van der Waals surface area (Å²) in [6.45, 7) is 0.475. The van der Waals surface area contributed by atoms with Crippen molar-refractivity contribution in [1.29, 1.82) is 0 Å². The third kappa shape index (κ3) is 3.68.